The zero-order valence-corrected chi connectivity index (χ0v) is 13.1. The van der Waals surface area contributed by atoms with Gasteiger partial charge in [0.1, 0.15) is 12.1 Å². The van der Waals surface area contributed by atoms with E-state index in [-0.39, 0.29) is 11.5 Å². The molecule has 0 radical (unpaired) electrons. The lowest BCUT2D eigenvalue weighted by Gasteiger charge is -2.36. The van der Waals surface area contributed by atoms with E-state index in [0.717, 1.165) is 5.70 Å². The van der Waals surface area contributed by atoms with E-state index in [4.69, 9.17) is 11.6 Å². The van der Waals surface area contributed by atoms with Crippen molar-refractivity contribution in [1.82, 2.24) is 14.8 Å². The Bertz CT molecular complexity index is 891. The normalized spacial score (nSPS) is 22.2. The summed E-state index contributed by atoms with van der Waals surface area (Å²) in [6, 6.07) is 3.66. The first-order valence-electron chi connectivity index (χ1n) is 7.39. The number of nitrogens with one attached hydrogen (secondary N) is 1. The molecule has 1 aliphatic carbocycles. The number of nitro groups is 1. The second-order valence-electron chi connectivity index (χ2n) is 5.70. The molecule has 1 aromatic carbocycles. The quantitative estimate of drug-likeness (QED) is 0.663. The van der Waals surface area contributed by atoms with Crippen molar-refractivity contribution >= 4 is 29.0 Å². The number of ketones is 1. The van der Waals surface area contributed by atoms with E-state index in [1.54, 1.807) is 4.68 Å². The molecule has 2 heterocycles. The number of halogens is 1. The zero-order chi connectivity index (χ0) is 16.8. The smallest absolute Gasteiger partial charge is 0.269 e. The highest BCUT2D eigenvalue weighted by Gasteiger charge is 2.42. The first kappa shape index (κ1) is 14.8. The molecule has 0 bridgehead atoms. The van der Waals surface area contributed by atoms with E-state index in [2.05, 4.69) is 15.4 Å². The van der Waals surface area contributed by atoms with Crippen LogP contribution in [-0.4, -0.2) is 25.5 Å². The highest BCUT2D eigenvalue weighted by molar-refractivity contribution is 6.31. The van der Waals surface area contributed by atoms with Crippen LogP contribution in [0.4, 0.5) is 11.6 Å². The summed E-state index contributed by atoms with van der Waals surface area (Å²) in [6.45, 7) is 0. The van der Waals surface area contributed by atoms with E-state index in [0.29, 0.717) is 29.4 Å². The summed E-state index contributed by atoms with van der Waals surface area (Å²) in [4.78, 5) is 27.3. The fraction of sp³-hybridized carbons (Fsp3) is 0.267. The lowest BCUT2D eigenvalue weighted by atomic mass is 9.80. The van der Waals surface area contributed by atoms with Crippen LogP contribution >= 0.6 is 11.6 Å². The Balaban J connectivity index is 1.94. The first-order valence-corrected chi connectivity index (χ1v) is 7.77. The number of fused-ring (bicyclic) bond motifs is 2. The molecule has 0 saturated carbocycles. The molecule has 122 valence electrons. The third kappa shape index (κ3) is 2.18. The minimum absolute atomic E-state index is 0.0497. The van der Waals surface area contributed by atoms with Gasteiger partial charge in [-0.15, -0.1) is 0 Å². The number of nitro benzene ring substituents is 1. The van der Waals surface area contributed by atoms with Crippen molar-refractivity contribution in [3.63, 3.8) is 0 Å². The molecule has 4 rings (SSSR count). The van der Waals surface area contributed by atoms with Gasteiger partial charge in [0.25, 0.3) is 5.69 Å². The van der Waals surface area contributed by atoms with Crippen molar-refractivity contribution in [2.45, 2.75) is 18.9 Å². The predicted octanol–water partition coefficient (Wildman–Crippen LogP) is 2.72. The summed E-state index contributed by atoms with van der Waals surface area (Å²) in [5.74, 6) is 0.0287. The molecular formula is C15H12ClN5O3. The third-order valence-electron chi connectivity index (χ3n) is 4.35. The van der Waals surface area contributed by atoms with Gasteiger partial charge in [0.05, 0.1) is 16.9 Å². The summed E-state index contributed by atoms with van der Waals surface area (Å²) >= 11 is 6.31. The van der Waals surface area contributed by atoms with E-state index < -0.39 is 16.9 Å². The fourth-order valence-electron chi connectivity index (χ4n) is 3.30. The standard InChI is InChI=1S/C15H12ClN5O3/c16-10-5-4-8(21(23)24)6-9(10)14-13-11(2-1-3-12(13)22)19-15-17-7-18-20(14)15/h2,4-7,13-14H,1,3H2,(H,17,18,19)/t13-,14-/m0/s1. The number of anilines is 1. The number of carbonyl (C=O) groups excluding carboxylic acids is 1. The number of benzene rings is 1. The third-order valence-corrected chi connectivity index (χ3v) is 4.70. The summed E-state index contributed by atoms with van der Waals surface area (Å²) in [5.41, 5.74) is 1.16. The largest absolute Gasteiger partial charge is 0.328 e. The highest BCUT2D eigenvalue weighted by Crippen LogP contribution is 2.43. The number of Topliss-reactive ketones (excluding diaryl/α,β-unsaturated/α-hetero) is 1. The molecule has 2 aromatic rings. The molecule has 24 heavy (non-hydrogen) atoms. The molecule has 8 nitrogen and oxygen atoms in total. The second kappa shape index (κ2) is 5.41. The first-order chi connectivity index (χ1) is 11.6. The molecule has 0 saturated heterocycles. The summed E-state index contributed by atoms with van der Waals surface area (Å²) in [5, 5.41) is 18.8. The van der Waals surface area contributed by atoms with Gasteiger partial charge < -0.3 is 5.32 Å². The SMILES string of the molecule is O=C1CCC=C2Nc3ncnn3[C@@H](c3cc([N+](=O)[O-])ccc3Cl)[C@H]12. The van der Waals surface area contributed by atoms with Crippen LogP contribution in [-0.2, 0) is 4.79 Å². The molecule has 0 spiro atoms. The van der Waals surface area contributed by atoms with Gasteiger partial charge in [-0.1, -0.05) is 17.7 Å². The van der Waals surface area contributed by atoms with Gasteiger partial charge in [-0.25, -0.2) is 4.68 Å². The molecule has 0 fully saturated rings. The van der Waals surface area contributed by atoms with Gasteiger partial charge in [0.2, 0.25) is 5.95 Å². The van der Waals surface area contributed by atoms with Gasteiger partial charge in [-0.3, -0.25) is 14.9 Å². The lowest BCUT2D eigenvalue weighted by molar-refractivity contribution is -0.384. The Morgan fingerprint density at radius 3 is 3.04 bits per heavy atom. The van der Waals surface area contributed by atoms with Crippen LogP contribution in [0.1, 0.15) is 24.4 Å². The Morgan fingerprint density at radius 1 is 1.42 bits per heavy atom. The van der Waals surface area contributed by atoms with Crippen LogP contribution in [0.3, 0.4) is 0 Å². The number of hydrogen-bond donors (Lipinski definition) is 1. The molecule has 2 aliphatic rings. The fourth-order valence-corrected chi connectivity index (χ4v) is 3.53. The Labute approximate surface area is 141 Å². The number of hydrogen-bond acceptors (Lipinski definition) is 6. The molecule has 2 atom stereocenters. The van der Waals surface area contributed by atoms with Crippen molar-refractivity contribution in [1.29, 1.82) is 0 Å². The predicted molar refractivity (Wildman–Crippen MR) is 85.7 cm³/mol. The second-order valence-corrected chi connectivity index (χ2v) is 6.11. The number of non-ortho nitro benzene ring substituents is 1. The Kier molecular flexibility index (Phi) is 3.34. The minimum Gasteiger partial charge on any atom is -0.328 e. The molecule has 1 N–H and O–H groups in total. The van der Waals surface area contributed by atoms with Gasteiger partial charge in [0.15, 0.2) is 0 Å². The van der Waals surface area contributed by atoms with E-state index in [9.17, 15) is 14.9 Å². The Morgan fingerprint density at radius 2 is 2.25 bits per heavy atom. The number of aromatic nitrogens is 3. The van der Waals surface area contributed by atoms with Crippen LogP contribution in [0.2, 0.25) is 5.02 Å². The lowest BCUT2D eigenvalue weighted by Crippen LogP contribution is -2.38. The molecule has 9 heteroatoms. The van der Waals surface area contributed by atoms with E-state index >= 15 is 0 Å². The van der Waals surface area contributed by atoms with Gasteiger partial charge in [0, 0.05) is 34.8 Å². The van der Waals surface area contributed by atoms with Crippen molar-refractivity contribution < 1.29 is 9.72 Å². The average molecular weight is 346 g/mol. The van der Waals surface area contributed by atoms with Crippen LogP contribution in [0.15, 0.2) is 36.3 Å². The van der Waals surface area contributed by atoms with Crippen LogP contribution in [0, 0.1) is 16.0 Å². The van der Waals surface area contributed by atoms with E-state index in [1.165, 1.54) is 24.5 Å². The van der Waals surface area contributed by atoms with Crippen LogP contribution < -0.4 is 5.32 Å². The summed E-state index contributed by atoms with van der Waals surface area (Å²) in [6.07, 6.45) is 4.41. The molecular weight excluding hydrogens is 334 g/mol. The summed E-state index contributed by atoms with van der Waals surface area (Å²) in [7, 11) is 0. The van der Waals surface area contributed by atoms with Crippen LogP contribution in [0.25, 0.3) is 0 Å². The zero-order valence-electron chi connectivity index (χ0n) is 12.3. The molecule has 0 amide bonds. The summed E-state index contributed by atoms with van der Waals surface area (Å²) < 4.78 is 1.57. The Hall–Kier alpha value is -2.74. The molecule has 1 aliphatic heterocycles. The molecule has 1 aromatic heterocycles. The number of nitrogens with zero attached hydrogens (tertiary/aromatic N) is 4. The number of carbonyl (C=O) groups is 1. The average Bonchev–Trinajstić information content (AvgIpc) is 3.01. The molecule has 0 unspecified atom stereocenters. The van der Waals surface area contributed by atoms with Crippen molar-refractivity contribution in [3.8, 4) is 0 Å². The maximum atomic E-state index is 12.6. The number of allylic oxidation sites excluding steroid dienone is 2. The maximum absolute atomic E-state index is 12.6. The topological polar surface area (TPSA) is 103 Å². The number of rotatable bonds is 2. The minimum atomic E-state index is -0.560. The van der Waals surface area contributed by atoms with Crippen molar-refractivity contribution in [2.24, 2.45) is 5.92 Å². The van der Waals surface area contributed by atoms with Gasteiger partial charge in [-0.05, 0) is 12.5 Å². The van der Waals surface area contributed by atoms with Crippen LogP contribution in [0.5, 0.6) is 0 Å². The van der Waals surface area contributed by atoms with E-state index in [1.807, 2.05) is 6.08 Å². The van der Waals surface area contributed by atoms with Crippen molar-refractivity contribution in [2.75, 3.05) is 5.32 Å². The van der Waals surface area contributed by atoms with Crippen molar-refractivity contribution in [3.05, 3.63) is 57.0 Å². The van der Waals surface area contributed by atoms with Gasteiger partial charge in [-0.2, -0.15) is 10.1 Å². The monoisotopic (exact) mass is 345 g/mol. The maximum Gasteiger partial charge on any atom is 0.269 e. The van der Waals surface area contributed by atoms with Gasteiger partial charge >= 0.3 is 0 Å². The highest BCUT2D eigenvalue weighted by atomic mass is 35.5.